The first-order chi connectivity index (χ1) is 17.3. The molecule has 7 nitrogen and oxygen atoms in total. The van der Waals surface area contributed by atoms with E-state index in [1.165, 1.54) is 30.5 Å². The average Bonchev–Trinajstić information content (AvgIpc) is 3.42. The van der Waals surface area contributed by atoms with Crippen molar-refractivity contribution in [1.82, 2.24) is 4.98 Å². The van der Waals surface area contributed by atoms with Crippen LogP contribution < -0.4 is 14.4 Å². The van der Waals surface area contributed by atoms with Crippen molar-refractivity contribution in [2.45, 2.75) is 19.9 Å². The number of aliphatic hydroxyl groups excluding tert-OH is 1. The quantitative estimate of drug-likeness (QED) is 0.219. The fraction of sp³-hybridized carbons (Fsp3) is 0.179. The van der Waals surface area contributed by atoms with Crippen molar-refractivity contribution in [2.75, 3.05) is 19.1 Å². The van der Waals surface area contributed by atoms with Crippen molar-refractivity contribution in [3.05, 3.63) is 88.5 Å². The van der Waals surface area contributed by atoms with E-state index in [0.29, 0.717) is 27.8 Å². The molecule has 1 amide bonds. The van der Waals surface area contributed by atoms with Gasteiger partial charge in [-0.2, -0.15) is 0 Å². The number of carbonyl (C=O) groups excluding carboxylic acids is 2. The molecule has 0 unspecified atom stereocenters. The van der Waals surface area contributed by atoms with E-state index >= 15 is 0 Å². The molecule has 4 aromatic rings. The number of aromatic nitrogens is 1. The van der Waals surface area contributed by atoms with Gasteiger partial charge >= 0.3 is 5.91 Å². The molecule has 1 aliphatic heterocycles. The van der Waals surface area contributed by atoms with Crippen LogP contribution in [0.3, 0.4) is 0 Å². The molecule has 2 heterocycles. The van der Waals surface area contributed by atoms with Gasteiger partial charge in [-0.25, -0.2) is 4.98 Å². The van der Waals surface area contributed by atoms with E-state index in [0.717, 1.165) is 21.3 Å². The molecular formula is C28H24N2O5S. The first-order valence-electron chi connectivity index (χ1n) is 11.3. The first kappa shape index (κ1) is 23.6. The van der Waals surface area contributed by atoms with Crippen LogP contribution >= 0.6 is 11.3 Å². The van der Waals surface area contributed by atoms with Crippen LogP contribution in [-0.4, -0.2) is 36.0 Å². The number of Topliss-reactive ketones (excluding diaryl/α,β-unsaturated/α-hetero) is 1. The normalized spacial score (nSPS) is 17.1. The van der Waals surface area contributed by atoms with Gasteiger partial charge in [0.15, 0.2) is 16.6 Å². The summed E-state index contributed by atoms with van der Waals surface area (Å²) in [4.78, 5) is 33.1. The van der Waals surface area contributed by atoms with Crippen molar-refractivity contribution in [2.24, 2.45) is 0 Å². The van der Waals surface area contributed by atoms with Crippen molar-refractivity contribution in [3.8, 4) is 11.5 Å². The molecule has 0 aliphatic carbocycles. The largest absolute Gasteiger partial charge is 0.507 e. The van der Waals surface area contributed by atoms with E-state index in [1.807, 2.05) is 32.0 Å². The molecule has 3 aromatic carbocycles. The topological polar surface area (TPSA) is 89.0 Å². The number of rotatable bonds is 5. The van der Waals surface area contributed by atoms with Crippen LogP contribution in [0.4, 0.5) is 5.13 Å². The maximum absolute atomic E-state index is 13.5. The number of hydrogen-bond acceptors (Lipinski definition) is 7. The Kier molecular flexibility index (Phi) is 5.97. The van der Waals surface area contributed by atoms with Gasteiger partial charge in [-0.1, -0.05) is 59.9 Å². The second-order valence-corrected chi connectivity index (χ2v) is 9.55. The molecule has 0 radical (unpaired) electrons. The number of ketones is 1. The van der Waals surface area contributed by atoms with E-state index in [1.54, 1.807) is 42.5 Å². The molecule has 36 heavy (non-hydrogen) atoms. The molecule has 1 N–H and O–H groups in total. The van der Waals surface area contributed by atoms with Crippen molar-refractivity contribution >= 4 is 44.1 Å². The second kappa shape index (κ2) is 9.13. The van der Waals surface area contributed by atoms with Crippen LogP contribution in [0.15, 0.2) is 66.2 Å². The van der Waals surface area contributed by atoms with Crippen molar-refractivity contribution in [1.29, 1.82) is 0 Å². The smallest absolute Gasteiger partial charge is 0.301 e. The van der Waals surface area contributed by atoms with Gasteiger partial charge in [0.2, 0.25) is 0 Å². The lowest BCUT2D eigenvalue weighted by Gasteiger charge is -2.25. The minimum Gasteiger partial charge on any atom is -0.507 e. The van der Waals surface area contributed by atoms with E-state index in [-0.39, 0.29) is 11.3 Å². The predicted octanol–water partition coefficient (Wildman–Crippen LogP) is 5.56. The van der Waals surface area contributed by atoms with Gasteiger partial charge in [-0.3, -0.25) is 14.5 Å². The molecule has 1 atom stereocenters. The Balaban J connectivity index is 1.80. The Morgan fingerprint density at radius 2 is 1.75 bits per heavy atom. The van der Waals surface area contributed by atoms with E-state index in [4.69, 9.17) is 14.5 Å². The van der Waals surface area contributed by atoms with Gasteiger partial charge in [0, 0.05) is 11.1 Å². The number of para-hydroxylation sites is 1. The average molecular weight is 501 g/mol. The Labute approximate surface area is 212 Å². The Hall–Kier alpha value is -4.17. The SMILES string of the molecule is COc1cccc([C@H]2C(=C(O)c3ccccc3)C(=O)C(=O)N2c2nc3c(C)cc(C)cc3s2)c1OC. The van der Waals surface area contributed by atoms with Crippen molar-refractivity contribution < 1.29 is 24.2 Å². The third-order valence-electron chi connectivity index (χ3n) is 6.24. The fourth-order valence-corrected chi connectivity index (χ4v) is 5.83. The summed E-state index contributed by atoms with van der Waals surface area (Å²) in [5.74, 6) is -1.02. The van der Waals surface area contributed by atoms with Crippen LogP contribution in [0.5, 0.6) is 11.5 Å². The lowest BCUT2D eigenvalue weighted by molar-refractivity contribution is -0.132. The van der Waals surface area contributed by atoms with Gasteiger partial charge < -0.3 is 14.6 Å². The Morgan fingerprint density at radius 3 is 2.44 bits per heavy atom. The monoisotopic (exact) mass is 500 g/mol. The molecule has 182 valence electrons. The van der Waals surface area contributed by atoms with E-state index < -0.39 is 17.7 Å². The van der Waals surface area contributed by atoms with E-state index in [2.05, 4.69) is 0 Å². The molecule has 1 fully saturated rings. The van der Waals surface area contributed by atoms with Gasteiger partial charge in [0.1, 0.15) is 11.8 Å². The summed E-state index contributed by atoms with van der Waals surface area (Å²) in [5, 5.41) is 11.7. The molecule has 1 aliphatic rings. The summed E-state index contributed by atoms with van der Waals surface area (Å²) < 4.78 is 12.1. The molecule has 1 saturated heterocycles. The third kappa shape index (κ3) is 3.70. The molecule has 8 heteroatoms. The van der Waals surface area contributed by atoms with Crippen LogP contribution in [0.25, 0.3) is 16.0 Å². The van der Waals surface area contributed by atoms with Gasteiger partial charge in [-0.05, 0) is 37.1 Å². The predicted molar refractivity (Wildman–Crippen MR) is 140 cm³/mol. The summed E-state index contributed by atoms with van der Waals surface area (Å²) in [6, 6.07) is 17.0. The first-order valence-corrected chi connectivity index (χ1v) is 12.1. The zero-order chi connectivity index (χ0) is 25.6. The lowest BCUT2D eigenvalue weighted by atomic mass is 9.94. The number of methoxy groups -OCH3 is 2. The number of amides is 1. The summed E-state index contributed by atoms with van der Waals surface area (Å²) in [6.07, 6.45) is 0. The van der Waals surface area contributed by atoms with Gasteiger partial charge in [-0.15, -0.1) is 0 Å². The second-order valence-electron chi connectivity index (χ2n) is 8.54. The number of thiazole rings is 1. The maximum Gasteiger partial charge on any atom is 0.301 e. The Bertz CT molecular complexity index is 1540. The number of benzene rings is 3. The number of anilines is 1. The van der Waals surface area contributed by atoms with Gasteiger partial charge in [0.05, 0.1) is 30.0 Å². The molecule has 5 rings (SSSR count). The number of aliphatic hydroxyl groups is 1. The summed E-state index contributed by atoms with van der Waals surface area (Å²) in [6.45, 7) is 3.96. The molecular weight excluding hydrogens is 476 g/mol. The number of ether oxygens (including phenoxy) is 2. The van der Waals surface area contributed by atoms with Crippen LogP contribution in [0.2, 0.25) is 0 Å². The zero-order valence-electron chi connectivity index (χ0n) is 20.2. The van der Waals surface area contributed by atoms with Crippen LogP contribution in [0, 0.1) is 13.8 Å². The van der Waals surface area contributed by atoms with Crippen molar-refractivity contribution in [3.63, 3.8) is 0 Å². The van der Waals surface area contributed by atoms with Gasteiger partial charge in [0.25, 0.3) is 5.78 Å². The third-order valence-corrected chi connectivity index (χ3v) is 7.25. The highest BCUT2D eigenvalue weighted by molar-refractivity contribution is 7.22. The Morgan fingerprint density at radius 1 is 1.00 bits per heavy atom. The van der Waals surface area contributed by atoms with E-state index in [9.17, 15) is 14.7 Å². The summed E-state index contributed by atoms with van der Waals surface area (Å²) in [7, 11) is 3.01. The highest BCUT2D eigenvalue weighted by atomic mass is 32.1. The fourth-order valence-electron chi connectivity index (χ4n) is 4.66. The number of carbonyl (C=O) groups is 2. The number of fused-ring (bicyclic) bond motifs is 1. The minimum absolute atomic E-state index is 0.0371. The number of hydrogen-bond donors (Lipinski definition) is 1. The van der Waals surface area contributed by atoms with Crippen LogP contribution in [0.1, 0.15) is 28.3 Å². The molecule has 1 aromatic heterocycles. The highest BCUT2D eigenvalue weighted by Crippen LogP contribution is 2.48. The lowest BCUT2D eigenvalue weighted by Crippen LogP contribution is -2.29. The summed E-state index contributed by atoms with van der Waals surface area (Å²) >= 11 is 1.33. The minimum atomic E-state index is -0.975. The molecule has 0 bridgehead atoms. The highest BCUT2D eigenvalue weighted by Gasteiger charge is 2.49. The zero-order valence-corrected chi connectivity index (χ0v) is 21.1. The standard InChI is InChI=1S/C28H24N2O5S/c1-15-13-16(2)22-20(14-15)36-28(29-22)30-23(18-11-8-12-19(34-3)26(18)35-4)21(25(32)27(30)33)24(31)17-9-6-5-7-10-17/h5-14,23,31H,1-4H3/t23-/m0/s1. The number of aryl methyl sites for hydroxylation is 2. The summed E-state index contributed by atoms with van der Waals surface area (Å²) in [5.41, 5.74) is 3.71. The number of nitrogens with zero attached hydrogens (tertiary/aromatic N) is 2. The maximum atomic E-state index is 13.5. The molecule has 0 spiro atoms. The van der Waals surface area contributed by atoms with Crippen LogP contribution in [-0.2, 0) is 9.59 Å². The molecule has 0 saturated carbocycles.